The zero-order valence-electron chi connectivity index (χ0n) is 38.1. The van der Waals surface area contributed by atoms with E-state index in [2.05, 4.69) is 50.8 Å². The summed E-state index contributed by atoms with van der Waals surface area (Å²) in [7, 11) is -3.02. The molecule has 0 saturated carbocycles. The molecule has 0 bridgehead atoms. The number of aromatic amines is 1. The number of ether oxygens (including phenoxy) is 3. The highest BCUT2D eigenvalue weighted by Crippen LogP contribution is 2.44. The van der Waals surface area contributed by atoms with E-state index >= 15 is 0 Å². The Bertz CT molecular complexity index is 2780. The second-order valence-corrected chi connectivity index (χ2v) is 20.8. The van der Waals surface area contributed by atoms with Gasteiger partial charge in [0.1, 0.15) is 29.7 Å². The van der Waals surface area contributed by atoms with Crippen LogP contribution in [0.3, 0.4) is 0 Å². The van der Waals surface area contributed by atoms with Crippen molar-refractivity contribution in [2.45, 2.75) is 57.0 Å². The summed E-state index contributed by atoms with van der Waals surface area (Å²) in [5.74, 6) is -0.323. The molecule has 0 radical (unpaired) electrons. The van der Waals surface area contributed by atoms with Gasteiger partial charge >= 0.3 is 0 Å². The number of halogens is 1. The van der Waals surface area contributed by atoms with Crippen molar-refractivity contribution in [1.29, 1.82) is 0 Å². The number of H-pyrrole nitrogens is 1. The second kappa shape index (κ2) is 19.5. The molecule has 1 aliphatic carbocycles. The van der Waals surface area contributed by atoms with Crippen LogP contribution in [0.5, 0.6) is 5.88 Å². The Kier molecular flexibility index (Phi) is 13.5. The van der Waals surface area contributed by atoms with Crippen molar-refractivity contribution in [1.82, 2.24) is 19.6 Å². The summed E-state index contributed by atoms with van der Waals surface area (Å²) in [4.78, 5) is 40.3. The van der Waals surface area contributed by atoms with Crippen LogP contribution in [0.1, 0.15) is 61.9 Å². The van der Waals surface area contributed by atoms with Gasteiger partial charge in [-0.1, -0.05) is 43.2 Å². The molecule has 3 aromatic carbocycles. The maximum Gasteiger partial charge on any atom is 0.293 e. The van der Waals surface area contributed by atoms with Crippen LogP contribution in [0.25, 0.3) is 16.6 Å². The Morgan fingerprint density at radius 3 is 2.54 bits per heavy atom. The molecule has 2 fully saturated rings. The Balaban J connectivity index is 1.01. The van der Waals surface area contributed by atoms with Crippen LogP contribution < -0.4 is 24.6 Å². The minimum absolute atomic E-state index is 0.0639. The fourth-order valence-corrected chi connectivity index (χ4v) is 10.7. The molecule has 1 amide bonds. The van der Waals surface area contributed by atoms with Crippen LogP contribution in [-0.4, -0.2) is 113 Å². The van der Waals surface area contributed by atoms with Gasteiger partial charge in [-0.15, -0.1) is 0 Å². The van der Waals surface area contributed by atoms with Gasteiger partial charge in [-0.2, -0.15) is 4.98 Å². The summed E-state index contributed by atoms with van der Waals surface area (Å²) in [6.07, 6.45) is 6.15. The van der Waals surface area contributed by atoms with Crippen LogP contribution >= 0.6 is 11.6 Å². The van der Waals surface area contributed by atoms with E-state index in [1.807, 2.05) is 41.3 Å². The number of pyridine rings is 1. The molecule has 9 rings (SSSR count). The molecule has 3 aliphatic heterocycles. The fourth-order valence-electron chi connectivity index (χ4n) is 9.60. The molecule has 2 aromatic heterocycles. The molecule has 354 valence electrons. The number of hydrogen-bond acceptors (Lipinski definition) is 13. The summed E-state index contributed by atoms with van der Waals surface area (Å²) in [6.45, 7) is 10.8. The number of fused-ring (bicyclic) bond motifs is 2. The minimum Gasteiger partial charge on any atom is -0.473 e. The molecule has 3 N–H and O–H groups in total. The van der Waals surface area contributed by atoms with Crippen molar-refractivity contribution in [3.63, 3.8) is 0 Å². The number of nitro groups is 1. The van der Waals surface area contributed by atoms with E-state index in [9.17, 15) is 23.3 Å². The predicted molar refractivity (Wildman–Crippen MR) is 260 cm³/mol. The lowest BCUT2D eigenvalue weighted by Gasteiger charge is -2.39. The van der Waals surface area contributed by atoms with E-state index in [-0.39, 0.29) is 35.7 Å². The molecule has 16 nitrogen and oxygen atoms in total. The first-order valence-corrected chi connectivity index (χ1v) is 24.8. The third-order valence-corrected chi connectivity index (χ3v) is 15.2. The number of nitrogens with zero attached hydrogens (tertiary/aromatic N) is 5. The van der Waals surface area contributed by atoms with Crippen molar-refractivity contribution in [2.24, 2.45) is 11.3 Å². The third-order valence-electron chi connectivity index (χ3n) is 13.6. The van der Waals surface area contributed by atoms with Crippen molar-refractivity contribution in [3.8, 4) is 5.88 Å². The maximum absolute atomic E-state index is 14.5. The lowest BCUT2D eigenvalue weighted by molar-refractivity contribution is -0.384. The number of methoxy groups -OCH3 is 1. The van der Waals surface area contributed by atoms with E-state index in [1.54, 1.807) is 19.4 Å². The van der Waals surface area contributed by atoms with Crippen LogP contribution in [0, 0.1) is 21.4 Å². The number of aromatic nitrogens is 2. The topological polar surface area (TPSA) is 184 Å². The Labute approximate surface area is 395 Å². The number of hydrogen-bond donors (Lipinski definition) is 3. The van der Waals surface area contributed by atoms with Crippen molar-refractivity contribution in [3.05, 3.63) is 111 Å². The largest absolute Gasteiger partial charge is 0.473 e. The lowest BCUT2D eigenvalue weighted by atomic mass is 9.72. The van der Waals surface area contributed by atoms with Crippen LogP contribution in [-0.2, 0) is 19.5 Å². The summed E-state index contributed by atoms with van der Waals surface area (Å²) in [5.41, 5.74) is 6.63. The van der Waals surface area contributed by atoms with Gasteiger partial charge < -0.3 is 34.3 Å². The van der Waals surface area contributed by atoms with Crippen molar-refractivity contribution >= 4 is 72.6 Å². The number of allylic oxidation sites excluding steroid dienone is 1. The quantitative estimate of drug-likeness (QED) is 0.0756. The van der Waals surface area contributed by atoms with Gasteiger partial charge in [-0.25, -0.2) is 13.1 Å². The van der Waals surface area contributed by atoms with Crippen molar-refractivity contribution < 1.29 is 32.3 Å². The molecule has 18 heteroatoms. The monoisotopic (exact) mass is 952 g/mol. The predicted octanol–water partition coefficient (Wildman–Crippen LogP) is 8.41. The smallest absolute Gasteiger partial charge is 0.293 e. The number of piperazine rings is 1. The van der Waals surface area contributed by atoms with Gasteiger partial charge in [0.2, 0.25) is 5.88 Å². The number of amides is 1. The van der Waals surface area contributed by atoms with Gasteiger partial charge in [0, 0.05) is 88.0 Å². The van der Waals surface area contributed by atoms with E-state index in [1.165, 1.54) is 28.8 Å². The first-order valence-electron chi connectivity index (χ1n) is 22.9. The summed E-state index contributed by atoms with van der Waals surface area (Å²) in [5, 5.41) is 16.9. The van der Waals surface area contributed by atoms with E-state index in [4.69, 9.17) is 30.8 Å². The molecule has 0 spiro atoms. The first-order chi connectivity index (χ1) is 32.2. The van der Waals surface area contributed by atoms with Crippen molar-refractivity contribution in [2.75, 3.05) is 87.9 Å². The molecule has 0 unspecified atom stereocenters. The number of rotatable bonds is 13. The molecular weight excluding hydrogens is 896 g/mol. The van der Waals surface area contributed by atoms with Crippen LogP contribution in [0.15, 0.2) is 89.5 Å². The highest BCUT2D eigenvalue weighted by atomic mass is 35.5. The average molecular weight is 954 g/mol. The Hall–Kier alpha value is -5.72. The number of sulfonamides is 1. The number of anilines is 4. The standard InChI is InChI=1S/C49H57ClN8O8S/c1-49(2)16-12-35(41(27-49)33-4-6-36(50)7-5-33)29-55-18-20-56(21-19-55)37-8-10-40(43(25-37)57-30-38(64-3)31-66-48-45(57)24-34-13-17-51-46(34)53-48)47(59)54-67(62,63)39-9-11-42(44(26-39)58(60)61)52-28-32-14-22-65-23-15-32/h4-11,13,17,24-26,32,38,52H,12,14-16,18-23,27-31H2,1-3H3,(H,51,53)(H,54,59)/t38-/m0/s1. The number of nitro benzene ring substituents is 1. The van der Waals surface area contributed by atoms with E-state index in [0.717, 1.165) is 87.0 Å². The van der Waals surface area contributed by atoms with Gasteiger partial charge in [0.15, 0.2) is 0 Å². The number of carbonyl (C=O) groups excluding carboxylic acids is 1. The van der Waals surface area contributed by atoms with Crippen LogP contribution in [0.2, 0.25) is 5.02 Å². The molecule has 67 heavy (non-hydrogen) atoms. The Morgan fingerprint density at radius 2 is 1.79 bits per heavy atom. The maximum atomic E-state index is 14.5. The summed E-state index contributed by atoms with van der Waals surface area (Å²) < 4.78 is 47.7. The SMILES string of the molecule is CO[C@@H]1COc2nc3[nH]ccc3cc2N(c2cc(N3CCN(CC4=C(c5ccc(Cl)cc5)CC(C)(C)CC4)CC3)ccc2C(=O)NS(=O)(=O)c2ccc(NCC3CCOCC3)c([N+](=O)[O-])c2)C1. The molecular formula is C49H57ClN8O8S. The zero-order valence-corrected chi connectivity index (χ0v) is 39.6. The highest BCUT2D eigenvalue weighted by Gasteiger charge is 2.33. The molecule has 1 atom stereocenters. The highest BCUT2D eigenvalue weighted by molar-refractivity contribution is 7.90. The molecule has 4 aliphatic rings. The average Bonchev–Trinajstić information content (AvgIpc) is 3.71. The Morgan fingerprint density at radius 1 is 1.01 bits per heavy atom. The molecule has 5 heterocycles. The van der Waals surface area contributed by atoms with Gasteiger partial charge in [0.25, 0.3) is 21.6 Å². The molecule has 2 saturated heterocycles. The number of benzene rings is 3. The number of nitrogens with one attached hydrogen (secondary N) is 3. The summed E-state index contributed by atoms with van der Waals surface area (Å²) >= 11 is 6.28. The van der Waals surface area contributed by atoms with Gasteiger partial charge in [-0.3, -0.25) is 19.8 Å². The van der Waals surface area contributed by atoms with Crippen LogP contribution in [0.4, 0.5) is 28.4 Å². The first kappa shape index (κ1) is 46.4. The fraction of sp³-hybridized carbons (Fsp3) is 0.429. The minimum atomic E-state index is -4.61. The lowest BCUT2D eigenvalue weighted by Crippen LogP contribution is -2.47. The zero-order chi connectivity index (χ0) is 46.9. The second-order valence-electron chi connectivity index (χ2n) is 18.7. The molecule has 5 aromatic rings. The van der Waals surface area contributed by atoms with Gasteiger partial charge in [0.05, 0.1) is 27.6 Å². The summed E-state index contributed by atoms with van der Waals surface area (Å²) in [6, 6.07) is 21.0. The third kappa shape index (κ3) is 10.4. The van der Waals surface area contributed by atoms with E-state index in [0.29, 0.717) is 42.7 Å². The van der Waals surface area contributed by atoms with E-state index < -0.39 is 37.5 Å². The van der Waals surface area contributed by atoms with Gasteiger partial charge in [-0.05, 0) is 109 Å². The number of carbonyl (C=O) groups is 1. The normalized spacial score (nSPS) is 19.4.